The molecule has 0 aliphatic rings. The van der Waals surface area contributed by atoms with Gasteiger partial charge < -0.3 is 9.64 Å². The molecule has 1 aromatic rings. The molecule has 19 heavy (non-hydrogen) atoms. The van der Waals surface area contributed by atoms with E-state index in [9.17, 15) is 4.79 Å². The molecule has 0 bridgehead atoms. The summed E-state index contributed by atoms with van der Waals surface area (Å²) in [5, 5.41) is 7.86. The van der Waals surface area contributed by atoms with Crippen LogP contribution in [0.15, 0.2) is 0 Å². The Morgan fingerprint density at radius 3 is 2.58 bits per heavy atom. The van der Waals surface area contributed by atoms with Crippen molar-refractivity contribution in [3.63, 3.8) is 0 Å². The van der Waals surface area contributed by atoms with E-state index >= 15 is 0 Å². The predicted octanol–water partition coefficient (Wildman–Crippen LogP) is 1.54. The molecule has 0 saturated carbocycles. The molecule has 0 aliphatic heterocycles. The molecule has 0 aliphatic carbocycles. The van der Waals surface area contributed by atoms with Crippen molar-refractivity contribution in [2.75, 3.05) is 26.2 Å². The third-order valence-electron chi connectivity index (χ3n) is 2.96. The second kappa shape index (κ2) is 8.12. The van der Waals surface area contributed by atoms with E-state index in [1.165, 1.54) is 0 Å². The van der Waals surface area contributed by atoms with Crippen molar-refractivity contribution in [3.05, 3.63) is 11.4 Å². The first-order valence-corrected chi connectivity index (χ1v) is 7.09. The number of esters is 1. The van der Waals surface area contributed by atoms with Gasteiger partial charge in [-0.05, 0) is 20.0 Å². The van der Waals surface area contributed by atoms with Crippen LogP contribution in [0.5, 0.6) is 0 Å². The molecule has 7 heteroatoms. The zero-order valence-corrected chi connectivity index (χ0v) is 12.5. The largest absolute Gasteiger partial charge is 0.461 e. The van der Waals surface area contributed by atoms with Gasteiger partial charge >= 0.3 is 5.97 Å². The second-order valence-electron chi connectivity index (χ2n) is 3.99. The van der Waals surface area contributed by atoms with Crippen LogP contribution in [-0.4, -0.2) is 52.1 Å². The zero-order chi connectivity index (χ0) is 14.3. The topological polar surface area (TPSA) is 60.2 Å². The summed E-state index contributed by atoms with van der Waals surface area (Å²) in [5.41, 5.74) is 0.837. The van der Waals surface area contributed by atoms with Crippen LogP contribution in [0, 0.1) is 0 Å². The Labute approximate surface area is 118 Å². The molecule has 6 nitrogen and oxygen atoms in total. The van der Waals surface area contributed by atoms with Crippen molar-refractivity contribution in [1.82, 2.24) is 19.9 Å². The number of carbonyl (C=O) groups is 1. The van der Waals surface area contributed by atoms with Crippen LogP contribution >= 0.6 is 11.6 Å². The van der Waals surface area contributed by atoms with Gasteiger partial charge in [-0.25, -0.2) is 9.48 Å². The first-order chi connectivity index (χ1) is 9.17. The molecule has 0 aromatic carbocycles. The van der Waals surface area contributed by atoms with Crippen LogP contribution in [0.4, 0.5) is 0 Å². The fourth-order valence-electron chi connectivity index (χ4n) is 1.78. The van der Waals surface area contributed by atoms with Gasteiger partial charge in [0.1, 0.15) is 0 Å². The van der Waals surface area contributed by atoms with Gasteiger partial charge in [0.25, 0.3) is 0 Å². The normalized spacial score (nSPS) is 11.0. The van der Waals surface area contributed by atoms with Crippen molar-refractivity contribution >= 4 is 17.6 Å². The number of likely N-dealkylation sites (N-methyl/N-ethyl adjacent to an activating group) is 1. The SMILES string of the molecule is CCOC(=O)c1nnn(CCN(CC)CC)c1CCl. The van der Waals surface area contributed by atoms with Crippen molar-refractivity contribution < 1.29 is 9.53 Å². The van der Waals surface area contributed by atoms with Crippen LogP contribution in [0.3, 0.4) is 0 Å². The number of hydrogen-bond acceptors (Lipinski definition) is 5. The van der Waals surface area contributed by atoms with Gasteiger partial charge in [-0.2, -0.15) is 0 Å². The molecule has 108 valence electrons. The standard InChI is InChI=1S/C12H21ClN4O2/c1-4-16(5-2)7-8-17-10(9-13)11(14-15-17)12(18)19-6-3/h4-9H2,1-3H3. The molecule has 0 spiro atoms. The Bertz CT molecular complexity index is 404. The lowest BCUT2D eigenvalue weighted by molar-refractivity contribution is 0.0518. The Kier molecular flexibility index (Phi) is 6.80. The third kappa shape index (κ3) is 4.18. The first kappa shape index (κ1) is 15.9. The van der Waals surface area contributed by atoms with Gasteiger partial charge in [0.2, 0.25) is 0 Å². The summed E-state index contributed by atoms with van der Waals surface area (Å²) in [7, 11) is 0. The smallest absolute Gasteiger partial charge is 0.360 e. The third-order valence-corrected chi connectivity index (χ3v) is 3.21. The van der Waals surface area contributed by atoms with Crippen LogP contribution in [-0.2, 0) is 17.2 Å². The molecule has 0 radical (unpaired) electrons. The molecular weight excluding hydrogens is 268 g/mol. The summed E-state index contributed by atoms with van der Waals surface area (Å²) in [6, 6.07) is 0. The second-order valence-corrected chi connectivity index (χ2v) is 4.26. The zero-order valence-electron chi connectivity index (χ0n) is 11.7. The van der Waals surface area contributed by atoms with Gasteiger partial charge in [0.15, 0.2) is 5.69 Å². The van der Waals surface area contributed by atoms with E-state index in [1.807, 2.05) is 0 Å². The maximum absolute atomic E-state index is 11.7. The number of halogens is 1. The molecule has 1 rings (SSSR count). The highest BCUT2D eigenvalue weighted by Crippen LogP contribution is 2.10. The maximum atomic E-state index is 11.7. The van der Waals surface area contributed by atoms with Crippen LogP contribution in [0.1, 0.15) is 37.0 Å². The van der Waals surface area contributed by atoms with E-state index in [0.717, 1.165) is 19.6 Å². The number of hydrogen-bond donors (Lipinski definition) is 0. The lowest BCUT2D eigenvalue weighted by Crippen LogP contribution is -2.27. The van der Waals surface area contributed by atoms with Gasteiger partial charge in [0.05, 0.1) is 24.7 Å². The van der Waals surface area contributed by atoms with E-state index in [-0.39, 0.29) is 11.6 Å². The molecule has 0 atom stereocenters. The van der Waals surface area contributed by atoms with Crippen LogP contribution < -0.4 is 0 Å². The number of ether oxygens (including phenoxy) is 1. The minimum absolute atomic E-state index is 0.194. The summed E-state index contributed by atoms with van der Waals surface area (Å²) in [6.07, 6.45) is 0. The summed E-state index contributed by atoms with van der Waals surface area (Å²) in [4.78, 5) is 13.9. The molecule has 0 N–H and O–H groups in total. The average Bonchev–Trinajstić information content (AvgIpc) is 2.83. The van der Waals surface area contributed by atoms with Crippen molar-refractivity contribution in [3.8, 4) is 0 Å². The fraction of sp³-hybridized carbons (Fsp3) is 0.750. The minimum atomic E-state index is -0.466. The molecule has 0 fully saturated rings. The van der Waals surface area contributed by atoms with E-state index in [4.69, 9.17) is 16.3 Å². The van der Waals surface area contributed by atoms with Gasteiger partial charge in [0, 0.05) is 6.54 Å². The summed E-state index contributed by atoms with van der Waals surface area (Å²) in [6.45, 7) is 9.75. The number of aromatic nitrogens is 3. The highest BCUT2D eigenvalue weighted by atomic mass is 35.5. The average molecular weight is 289 g/mol. The fourth-order valence-corrected chi connectivity index (χ4v) is 2.04. The van der Waals surface area contributed by atoms with Gasteiger partial charge in [-0.3, -0.25) is 0 Å². The van der Waals surface area contributed by atoms with Crippen molar-refractivity contribution in [1.29, 1.82) is 0 Å². The Hall–Kier alpha value is -1.14. The van der Waals surface area contributed by atoms with Gasteiger partial charge in [-0.15, -0.1) is 16.7 Å². The summed E-state index contributed by atoms with van der Waals surface area (Å²) >= 11 is 5.88. The van der Waals surface area contributed by atoms with Crippen molar-refractivity contribution in [2.45, 2.75) is 33.2 Å². The highest BCUT2D eigenvalue weighted by Gasteiger charge is 2.20. The Balaban J connectivity index is 2.77. The Morgan fingerprint density at radius 2 is 2.05 bits per heavy atom. The lowest BCUT2D eigenvalue weighted by atomic mass is 10.3. The molecule has 1 aromatic heterocycles. The highest BCUT2D eigenvalue weighted by molar-refractivity contribution is 6.17. The quantitative estimate of drug-likeness (QED) is 0.536. The predicted molar refractivity (Wildman–Crippen MR) is 73.3 cm³/mol. The van der Waals surface area contributed by atoms with Crippen molar-refractivity contribution in [2.24, 2.45) is 0 Å². The molecular formula is C12H21ClN4O2. The minimum Gasteiger partial charge on any atom is -0.461 e. The molecule has 0 saturated heterocycles. The maximum Gasteiger partial charge on any atom is 0.360 e. The number of nitrogens with zero attached hydrogens (tertiary/aromatic N) is 4. The van der Waals surface area contributed by atoms with E-state index in [0.29, 0.717) is 18.8 Å². The molecule has 0 unspecified atom stereocenters. The monoisotopic (exact) mass is 288 g/mol. The summed E-state index contributed by atoms with van der Waals surface area (Å²) in [5.74, 6) is -0.272. The van der Waals surface area contributed by atoms with Gasteiger partial charge in [-0.1, -0.05) is 19.1 Å². The molecule has 1 heterocycles. The van der Waals surface area contributed by atoms with Crippen LogP contribution in [0.25, 0.3) is 0 Å². The number of carbonyl (C=O) groups excluding carboxylic acids is 1. The summed E-state index contributed by atoms with van der Waals surface area (Å²) < 4.78 is 6.61. The molecule has 0 amide bonds. The van der Waals surface area contributed by atoms with E-state index in [1.54, 1.807) is 11.6 Å². The van der Waals surface area contributed by atoms with E-state index < -0.39 is 5.97 Å². The Morgan fingerprint density at radius 1 is 1.37 bits per heavy atom. The number of rotatable bonds is 8. The van der Waals surface area contributed by atoms with Crippen LogP contribution in [0.2, 0.25) is 0 Å². The first-order valence-electron chi connectivity index (χ1n) is 6.55. The van der Waals surface area contributed by atoms with E-state index in [2.05, 4.69) is 29.1 Å². The lowest BCUT2D eigenvalue weighted by Gasteiger charge is -2.17. The number of alkyl halides is 1.